The van der Waals surface area contributed by atoms with Crippen LogP contribution in [0.25, 0.3) is 0 Å². The van der Waals surface area contributed by atoms with Crippen molar-refractivity contribution >= 4 is 23.4 Å². The Morgan fingerprint density at radius 1 is 0.970 bits per heavy atom. The highest BCUT2D eigenvalue weighted by molar-refractivity contribution is 6.17. The Kier molecular flexibility index (Phi) is 5.29. The first-order chi connectivity index (χ1) is 15.9. The maximum Gasteiger partial charge on any atom is 0.428 e. The number of amides is 1. The minimum Gasteiger partial charge on any atom is -0.464 e. The van der Waals surface area contributed by atoms with Crippen molar-refractivity contribution in [2.75, 3.05) is 16.3 Å². The standard InChI is InChI=1S/C27H28N4O2/c1-18-8-12-21(13-9-18)16-23-17-29(27(32)33)28-26-30(20(3)22-14-10-19(2)11-15-22)24-6-4-5-7-25(24)31(23)26/h4-15,20,23H,16-17H2,1-3H3,(H,32,33)/t20?,23-/m0/s1. The second kappa shape index (κ2) is 8.28. The van der Waals surface area contributed by atoms with Crippen molar-refractivity contribution < 1.29 is 9.90 Å². The van der Waals surface area contributed by atoms with Gasteiger partial charge in [0.25, 0.3) is 0 Å². The van der Waals surface area contributed by atoms with Gasteiger partial charge < -0.3 is 14.9 Å². The van der Waals surface area contributed by atoms with Crippen LogP contribution in [0.2, 0.25) is 0 Å². The summed E-state index contributed by atoms with van der Waals surface area (Å²) in [6.45, 7) is 6.60. The van der Waals surface area contributed by atoms with Gasteiger partial charge in [0.05, 0.1) is 30.0 Å². The SMILES string of the molecule is Cc1ccc(C[C@H]2CN(C(=O)O)N=C3N(C(C)c4ccc(C)cc4)c4ccccc4N32)cc1. The van der Waals surface area contributed by atoms with Crippen molar-refractivity contribution in [3.05, 3.63) is 95.1 Å². The van der Waals surface area contributed by atoms with E-state index in [2.05, 4.69) is 96.3 Å². The molecular weight excluding hydrogens is 412 g/mol. The van der Waals surface area contributed by atoms with Gasteiger partial charge in [-0.1, -0.05) is 71.8 Å². The molecule has 3 aromatic carbocycles. The lowest BCUT2D eigenvalue weighted by Gasteiger charge is -2.39. The van der Waals surface area contributed by atoms with Crippen molar-refractivity contribution in [2.45, 2.75) is 39.3 Å². The van der Waals surface area contributed by atoms with Gasteiger partial charge in [0.2, 0.25) is 5.96 Å². The minimum absolute atomic E-state index is 0.00994. The number of para-hydroxylation sites is 2. The number of benzene rings is 3. The summed E-state index contributed by atoms with van der Waals surface area (Å²) in [6, 6.07) is 25.1. The Morgan fingerprint density at radius 2 is 1.58 bits per heavy atom. The smallest absolute Gasteiger partial charge is 0.428 e. The fourth-order valence-corrected chi connectivity index (χ4v) is 4.74. The summed E-state index contributed by atoms with van der Waals surface area (Å²) in [5, 5.41) is 15.6. The summed E-state index contributed by atoms with van der Waals surface area (Å²) < 4.78 is 0. The molecular formula is C27H28N4O2. The van der Waals surface area contributed by atoms with Crippen LogP contribution in [0.3, 0.4) is 0 Å². The minimum atomic E-state index is -1.03. The van der Waals surface area contributed by atoms with E-state index in [0.717, 1.165) is 23.4 Å². The molecule has 1 N–H and O–H groups in total. The summed E-state index contributed by atoms with van der Waals surface area (Å²) in [6.07, 6.45) is -0.306. The molecule has 6 nitrogen and oxygen atoms in total. The third-order valence-corrected chi connectivity index (χ3v) is 6.55. The number of nitrogens with zero attached hydrogens (tertiary/aromatic N) is 4. The quantitative estimate of drug-likeness (QED) is 0.576. The van der Waals surface area contributed by atoms with Crippen molar-refractivity contribution in [1.29, 1.82) is 0 Å². The maximum absolute atomic E-state index is 12.0. The van der Waals surface area contributed by atoms with E-state index in [9.17, 15) is 9.90 Å². The fourth-order valence-electron chi connectivity index (χ4n) is 4.74. The first kappa shape index (κ1) is 21.1. The van der Waals surface area contributed by atoms with Crippen LogP contribution in [0, 0.1) is 13.8 Å². The maximum atomic E-state index is 12.0. The molecule has 33 heavy (non-hydrogen) atoms. The Labute approximate surface area is 194 Å². The molecule has 1 unspecified atom stereocenters. The number of fused-ring (bicyclic) bond motifs is 3. The zero-order valence-electron chi connectivity index (χ0n) is 19.1. The van der Waals surface area contributed by atoms with E-state index in [1.807, 2.05) is 12.1 Å². The summed E-state index contributed by atoms with van der Waals surface area (Å²) >= 11 is 0. The molecule has 0 aromatic heterocycles. The number of aryl methyl sites for hydroxylation is 2. The highest BCUT2D eigenvalue weighted by atomic mass is 16.4. The molecule has 0 radical (unpaired) electrons. The lowest BCUT2D eigenvalue weighted by molar-refractivity contribution is 0.141. The predicted molar refractivity (Wildman–Crippen MR) is 132 cm³/mol. The number of hydrogen-bond acceptors (Lipinski definition) is 4. The van der Waals surface area contributed by atoms with Crippen molar-refractivity contribution in [1.82, 2.24) is 5.01 Å². The number of hydrogen-bond donors (Lipinski definition) is 1. The summed E-state index contributed by atoms with van der Waals surface area (Å²) in [5.74, 6) is 0.662. The molecule has 5 rings (SSSR count). The van der Waals surface area contributed by atoms with Crippen LogP contribution in [0.5, 0.6) is 0 Å². The fraction of sp³-hybridized carbons (Fsp3) is 0.259. The van der Waals surface area contributed by atoms with Gasteiger partial charge in [-0.25, -0.2) is 4.79 Å². The monoisotopic (exact) mass is 440 g/mol. The molecule has 0 bridgehead atoms. The van der Waals surface area contributed by atoms with Gasteiger partial charge in [-0.05, 0) is 50.5 Å². The molecule has 3 aromatic rings. The third kappa shape index (κ3) is 3.82. The largest absolute Gasteiger partial charge is 0.464 e. The van der Waals surface area contributed by atoms with E-state index in [4.69, 9.17) is 0 Å². The summed E-state index contributed by atoms with van der Waals surface area (Å²) in [7, 11) is 0. The van der Waals surface area contributed by atoms with Crippen LogP contribution >= 0.6 is 0 Å². The predicted octanol–water partition coefficient (Wildman–Crippen LogP) is 5.57. The topological polar surface area (TPSA) is 59.4 Å². The molecule has 2 aliphatic rings. The molecule has 2 heterocycles. The second-order valence-corrected chi connectivity index (χ2v) is 8.92. The van der Waals surface area contributed by atoms with Crippen LogP contribution < -0.4 is 9.80 Å². The van der Waals surface area contributed by atoms with Gasteiger partial charge in [-0.3, -0.25) is 0 Å². The second-order valence-electron chi connectivity index (χ2n) is 8.92. The number of carboxylic acid groups (broad SMARTS) is 1. The van der Waals surface area contributed by atoms with Crippen LogP contribution in [0.1, 0.15) is 35.2 Å². The third-order valence-electron chi connectivity index (χ3n) is 6.55. The highest BCUT2D eigenvalue weighted by Gasteiger charge is 2.44. The van der Waals surface area contributed by atoms with Crippen LogP contribution in [0.4, 0.5) is 16.2 Å². The molecule has 0 saturated carbocycles. The van der Waals surface area contributed by atoms with Gasteiger partial charge in [0.1, 0.15) is 0 Å². The number of guanidine groups is 1. The lowest BCUT2D eigenvalue weighted by Crippen LogP contribution is -2.55. The lowest BCUT2D eigenvalue weighted by atomic mass is 10.0. The van der Waals surface area contributed by atoms with E-state index in [0.29, 0.717) is 12.5 Å². The normalized spacial score (nSPS) is 18.0. The van der Waals surface area contributed by atoms with E-state index < -0.39 is 6.09 Å². The van der Waals surface area contributed by atoms with Gasteiger partial charge in [0, 0.05) is 0 Å². The number of carbonyl (C=O) groups is 1. The molecule has 168 valence electrons. The van der Waals surface area contributed by atoms with Crippen molar-refractivity contribution in [3.63, 3.8) is 0 Å². The molecule has 0 saturated heterocycles. The van der Waals surface area contributed by atoms with Gasteiger partial charge >= 0.3 is 6.09 Å². The average Bonchev–Trinajstić information content (AvgIpc) is 3.15. The average molecular weight is 441 g/mol. The summed E-state index contributed by atoms with van der Waals surface area (Å²) in [5.41, 5.74) is 6.87. The zero-order chi connectivity index (χ0) is 23.1. The molecule has 1 amide bonds. The van der Waals surface area contributed by atoms with Gasteiger partial charge in [0.15, 0.2) is 0 Å². The molecule has 0 aliphatic carbocycles. The first-order valence-electron chi connectivity index (χ1n) is 11.3. The van der Waals surface area contributed by atoms with E-state index in [1.54, 1.807) is 0 Å². The first-order valence-corrected chi connectivity index (χ1v) is 11.3. The molecule has 2 aliphatic heterocycles. The Hall–Kier alpha value is -3.80. The molecule has 0 fully saturated rings. The Morgan fingerprint density at radius 3 is 2.21 bits per heavy atom. The Bertz CT molecular complexity index is 1200. The molecule has 2 atom stereocenters. The Balaban J connectivity index is 1.59. The van der Waals surface area contributed by atoms with E-state index in [-0.39, 0.29) is 12.1 Å². The van der Waals surface area contributed by atoms with Crippen LogP contribution in [0.15, 0.2) is 77.9 Å². The van der Waals surface area contributed by atoms with Crippen molar-refractivity contribution in [3.8, 4) is 0 Å². The van der Waals surface area contributed by atoms with Crippen LogP contribution in [-0.4, -0.2) is 34.8 Å². The molecule has 6 heteroatoms. The molecule has 0 spiro atoms. The zero-order valence-corrected chi connectivity index (χ0v) is 19.1. The number of hydrazone groups is 1. The summed E-state index contributed by atoms with van der Waals surface area (Å²) in [4.78, 5) is 16.4. The van der Waals surface area contributed by atoms with Gasteiger partial charge in [-0.15, -0.1) is 5.10 Å². The van der Waals surface area contributed by atoms with E-state index >= 15 is 0 Å². The van der Waals surface area contributed by atoms with E-state index in [1.165, 1.54) is 21.7 Å². The van der Waals surface area contributed by atoms with Crippen molar-refractivity contribution in [2.24, 2.45) is 5.10 Å². The highest BCUT2D eigenvalue weighted by Crippen LogP contribution is 2.44. The van der Waals surface area contributed by atoms with Gasteiger partial charge in [-0.2, -0.15) is 5.01 Å². The number of rotatable bonds is 4. The number of anilines is 2. The van der Waals surface area contributed by atoms with Crippen LogP contribution in [-0.2, 0) is 6.42 Å².